The number of rotatable bonds is 3. The molecule has 0 bridgehead atoms. The minimum Gasteiger partial charge on any atom is -0.313 e. The van der Waals surface area contributed by atoms with Crippen LogP contribution in [0.1, 0.15) is 19.3 Å². The van der Waals surface area contributed by atoms with Crippen molar-refractivity contribution in [3.8, 4) is 0 Å². The van der Waals surface area contributed by atoms with E-state index in [1.165, 1.54) is 12.8 Å². The molecule has 4 nitrogen and oxygen atoms in total. The van der Waals surface area contributed by atoms with Gasteiger partial charge in [-0.3, -0.25) is 0 Å². The van der Waals surface area contributed by atoms with Crippen LogP contribution in [0, 0.1) is 11.3 Å². The lowest BCUT2D eigenvalue weighted by molar-refractivity contribution is 0.332. The lowest BCUT2D eigenvalue weighted by Crippen LogP contribution is -2.38. The first-order valence-corrected chi connectivity index (χ1v) is 6.97. The molecule has 0 aromatic heterocycles. The van der Waals surface area contributed by atoms with Crippen molar-refractivity contribution < 1.29 is 8.42 Å². The number of piperidine rings is 1. The fourth-order valence-corrected chi connectivity index (χ4v) is 3.66. The molecule has 1 aliphatic heterocycles. The SMILES string of the molecule is C=CS(=O)(=O)NC1CC12CNC1CC1C2. The van der Waals surface area contributed by atoms with Crippen LogP contribution in [-0.2, 0) is 10.0 Å². The summed E-state index contributed by atoms with van der Waals surface area (Å²) in [5.41, 5.74) is 0.216. The standard InChI is InChI=1S/C10H16N2O2S/c1-2-15(13,14)12-9-5-10(9)4-7-3-8(7)11-6-10/h2,7-9,11-12H,1,3-6H2. The van der Waals surface area contributed by atoms with Crippen molar-refractivity contribution in [2.75, 3.05) is 6.54 Å². The highest BCUT2D eigenvalue weighted by Gasteiger charge is 2.61. The van der Waals surface area contributed by atoms with Gasteiger partial charge >= 0.3 is 0 Å². The molecule has 15 heavy (non-hydrogen) atoms. The first-order valence-electron chi connectivity index (χ1n) is 5.43. The first-order chi connectivity index (χ1) is 7.05. The Bertz CT molecular complexity index is 406. The van der Waals surface area contributed by atoms with Gasteiger partial charge in [0.1, 0.15) is 0 Å². The number of hydrogen-bond acceptors (Lipinski definition) is 3. The summed E-state index contributed by atoms with van der Waals surface area (Å²) in [5.74, 6) is 0.803. The van der Waals surface area contributed by atoms with Crippen LogP contribution in [0.5, 0.6) is 0 Å². The number of hydrogen-bond donors (Lipinski definition) is 2. The van der Waals surface area contributed by atoms with Gasteiger partial charge in [0, 0.05) is 29.5 Å². The molecule has 2 aliphatic carbocycles. The van der Waals surface area contributed by atoms with Crippen LogP contribution in [0.2, 0.25) is 0 Å². The highest BCUT2D eigenvalue weighted by atomic mass is 32.2. The summed E-state index contributed by atoms with van der Waals surface area (Å²) in [6.07, 6.45) is 3.45. The maximum absolute atomic E-state index is 11.3. The van der Waals surface area contributed by atoms with Gasteiger partial charge in [0.2, 0.25) is 10.0 Å². The molecule has 0 aromatic carbocycles. The third-order valence-corrected chi connectivity index (χ3v) is 5.08. The zero-order valence-electron chi connectivity index (χ0n) is 8.57. The van der Waals surface area contributed by atoms with E-state index in [4.69, 9.17) is 0 Å². The van der Waals surface area contributed by atoms with Crippen molar-refractivity contribution in [3.63, 3.8) is 0 Å². The van der Waals surface area contributed by atoms with E-state index in [2.05, 4.69) is 16.6 Å². The molecule has 2 N–H and O–H groups in total. The Morgan fingerprint density at radius 2 is 2.27 bits per heavy atom. The predicted octanol–water partition coefficient (Wildman–Crippen LogP) is 0.190. The first kappa shape index (κ1) is 9.81. The van der Waals surface area contributed by atoms with E-state index in [9.17, 15) is 8.42 Å². The van der Waals surface area contributed by atoms with Gasteiger partial charge in [-0.1, -0.05) is 6.58 Å². The fourth-order valence-electron chi connectivity index (χ4n) is 2.83. The summed E-state index contributed by atoms with van der Waals surface area (Å²) >= 11 is 0. The highest BCUT2D eigenvalue weighted by Crippen LogP contribution is 2.57. The van der Waals surface area contributed by atoms with Crippen LogP contribution in [0.15, 0.2) is 12.0 Å². The molecular weight excluding hydrogens is 212 g/mol. The van der Waals surface area contributed by atoms with Crippen LogP contribution in [0.3, 0.4) is 0 Å². The summed E-state index contributed by atoms with van der Waals surface area (Å²) < 4.78 is 25.3. The maximum Gasteiger partial charge on any atom is 0.233 e. The molecule has 1 spiro atoms. The average Bonchev–Trinajstić information content (AvgIpc) is 3.06. The number of sulfonamides is 1. The highest BCUT2D eigenvalue weighted by molar-refractivity contribution is 7.92. The summed E-state index contributed by atoms with van der Waals surface area (Å²) in [6.45, 7) is 4.27. The average molecular weight is 228 g/mol. The van der Waals surface area contributed by atoms with E-state index >= 15 is 0 Å². The Hall–Kier alpha value is -0.390. The Morgan fingerprint density at radius 3 is 2.93 bits per heavy atom. The van der Waals surface area contributed by atoms with Crippen molar-refractivity contribution >= 4 is 10.0 Å². The summed E-state index contributed by atoms with van der Waals surface area (Å²) in [6, 6.07) is 0.863. The Balaban J connectivity index is 1.65. The van der Waals surface area contributed by atoms with Crippen LogP contribution >= 0.6 is 0 Å². The van der Waals surface area contributed by atoms with Crippen molar-refractivity contribution in [3.05, 3.63) is 12.0 Å². The molecule has 0 aromatic rings. The van der Waals surface area contributed by atoms with E-state index in [0.29, 0.717) is 0 Å². The van der Waals surface area contributed by atoms with Crippen LogP contribution in [0.4, 0.5) is 0 Å². The monoisotopic (exact) mass is 228 g/mol. The second-order valence-corrected chi connectivity index (χ2v) is 6.79. The maximum atomic E-state index is 11.3. The van der Waals surface area contributed by atoms with E-state index < -0.39 is 10.0 Å². The van der Waals surface area contributed by atoms with E-state index in [-0.39, 0.29) is 11.5 Å². The molecule has 4 atom stereocenters. The van der Waals surface area contributed by atoms with E-state index in [1.807, 2.05) is 0 Å². The Labute approximate surface area is 90.2 Å². The van der Waals surface area contributed by atoms with Gasteiger partial charge < -0.3 is 5.32 Å². The Kier molecular flexibility index (Phi) is 1.86. The normalized spacial score (nSPS) is 47.3. The van der Waals surface area contributed by atoms with E-state index in [1.54, 1.807) is 0 Å². The zero-order valence-corrected chi connectivity index (χ0v) is 9.39. The minimum atomic E-state index is -3.25. The second kappa shape index (κ2) is 2.84. The smallest absolute Gasteiger partial charge is 0.233 e. The molecule has 0 radical (unpaired) electrons. The zero-order chi connectivity index (χ0) is 10.7. The molecule has 4 unspecified atom stereocenters. The molecule has 5 heteroatoms. The lowest BCUT2D eigenvalue weighted by atomic mass is 9.95. The largest absolute Gasteiger partial charge is 0.313 e. The Morgan fingerprint density at radius 1 is 1.47 bits per heavy atom. The van der Waals surface area contributed by atoms with E-state index in [0.717, 1.165) is 30.3 Å². The quantitative estimate of drug-likeness (QED) is 0.725. The molecular formula is C10H16N2O2S. The van der Waals surface area contributed by atoms with Gasteiger partial charge in [-0.25, -0.2) is 13.1 Å². The summed E-state index contributed by atoms with van der Waals surface area (Å²) in [4.78, 5) is 0. The summed E-state index contributed by atoms with van der Waals surface area (Å²) in [5, 5.41) is 4.48. The second-order valence-electron chi connectivity index (χ2n) is 5.14. The van der Waals surface area contributed by atoms with Gasteiger partial charge in [-0.2, -0.15) is 0 Å². The third kappa shape index (κ3) is 1.62. The fraction of sp³-hybridized carbons (Fsp3) is 0.800. The lowest BCUT2D eigenvalue weighted by Gasteiger charge is -2.23. The molecule has 3 rings (SSSR count). The third-order valence-electron chi connectivity index (χ3n) is 4.02. The molecule has 1 heterocycles. The van der Waals surface area contributed by atoms with Crippen LogP contribution < -0.4 is 10.0 Å². The molecule has 3 aliphatic rings. The van der Waals surface area contributed by atoms with Crippen molar-refractivity contribution in [2.45, 2.75) is 31.3 Å². The topological polar surface area (TPSA) is 58.2 Å². The molecule has 1 saturated heterocycles. The molecule has 2 saturated carbocycles. The van der Waals surface area contributed by atoms with Gasteiger partial charge in [0.15, 0.2) is 0 Å². The van der Waals surface area contributed by atoms with Crippen LogP contribution in [0.25, 0.3) is 0 Å². The molecule has 0 amide bonds. The summed E-state index contributed by atoms with van der Waals surface area (Å²) in [7, 11) is -3.25. The van der Waals surface area contributed by atoms with Crippen molar-refractivity contribution in [2.24, 2.45) is 11.3 Å². The molecule has 3 fully saturated rings. The number of fused-ring (bicyclic) bond motifs is 1. The van der Waals surface area contributed by atoms with Gasteiger partial charge in [0.05, 0.1) is 0 Å². The van der Waals surface area contributed by atoms with Gasteiger partial charge in [0.25, 0.3) is 0 Å². The predicted molar refractivity (Wildman–Crippen MR) is 57.6 cm³/mol. The minimum absolute atomic E-state index is 0.134. The van der Waals surface area contributed by atoms with Crippen molar-refractivity contribution in [1.29, 1.82) is 0 Å². The molecule has 84 valence electrons. The van der Waals surface area contributed by atoms with Crippen LogP contribution in [-0.4, -0.2) is 27.0 Å². The van der Waals surface area contributed by atoms with Gasteiger partial charge in [-0.05, 0) is 25.2 Å². The van der Waals surface area contributed by atoms with Gasteiger partial charge in [-0.15, -0.1) is 0 Å². The van der Waals surface area contributed by atoms with Crippen molar-refractivity contribution in [1.82, 2.24) is 10.0 Å². The number of nitrogens with one attached hydrogen (secondary N) is 2.